The normalized spacial score (nSPS) is 13.3. The summed E-state index contributed by atoms with van der Waals surface area (Å²) in [4.78, 5) is 24.7. The fourth-order valence-corrected chi connectivity index (χ4v) is 3.71. The number of carbonyl (C=O) groups is 2. The largest absolute Gasteiger partial charge is 0.468 e. The fourth-order valence-electron chi connectivity index (χ4n) is 3.71. The predicted octanol–water partition coefficient (Wildman–Crippen LogP) is 3.48. The van der Waals surface area contributed by atoms with Crippen molar-refractivity contribution < 1.29 is 28.5 Å². The maximum atomic E-state index is 12.8. The predicted molar refractivity (Wildman–Crippen MR) is 105 cm³/mol. The highest BCUT2D eigenvalue weighted by Gasteiger charge is 2.29. The summed E-state index contributed by atoms with van der Waals surface area (Å²) in [5.41, 5.74) is 2.84. The van der Waals surface area contributed by atoms with Crippen molar-refractivity contribution in [1.82, 2.24) is 4.57 Å². The van der Waals surface area contributed by atoms with Gasteiger partial charge in [0.1, 0.15) is 5.92 Å². The van der Waals surface area contributed by atoms with Crippen LogP contribution in [0, 0.1) is 0 Å². The summed E-state index contributed by atoms with van der Waals surface area (Å²) >= 11 is 0. The Bertz CT molecular complexity index is 1100. The standard InChI is InChI=1S/C22H21NO6/c1-4-23-11-16(15-7-5-14(9-17(15)23)21(24)26-2)20(22(25)27-3)13-6-8-18-19(10-13)29-12-28-18/h5-11,20H,4,12H2,1-3H3. The van der Waals surface area contributed by atoms with Crippen LogP contribution in [0.4, 0.5) is 0 Å². The number of nitrogens with zero attached hydrogens (tertiary/aromatic N) is 1. The number of benzene rings is 2. The molecular weight excluding hydrogens is 374 g/mol. The third kappa shape index (κ3) is 3.18. The first-order chi connectivity index (χ1) is 14.1. The van der Waals surface area contributed by atoms with Crippen molar-refractivity contribution in [2.24, 2.45) is 0 Å². The molecule has 7 nitrogen and oxygen atoms in total. The van der Waals surface area contributed by atoms with Crippen LogP contribution in [0.5, 0.6) is 11.5 Å². The van der Waals surface area contributed by atoms with Crippen molar-refractivity contribution in [1.29, 1.82) is 0 Å². The summed E-state index contributed by atoms with van der Waals surface area (Å²) in [5.74, 6) is -0.179. The molecule has 1 aliphatic heterocycles. The van der Waals surface area contributed by atoms with E-state index in [1.54, 1.807) is 18.2 Å². The van der Waals surface area contributed by atoms with Crippen LogP contribution < -0.4 is 9.47 Å². The molecule has 29 heavy (non-hydrogen) atoms. The molecule has 4 rings (SSSR count). The molecular formula is C22H21NO6. The zero-order valence-electron chi connectivity index (χ0n) is 16.4. The van der Waals surface area contributed by atoms with Gasteiger partial charge in [-0.05, 0) is 42.3 Å². The summed E-state index contributed by atoms with van der Waals surface area (Å²) in [5, 5.41) is 0.868. The van der Waals surface area contributed by atoms with Crippen molar-refractivity contribution in [3.05, 3.63) is 59.3 Å². The number of hydrogen-bond donors (Lipinski definition) is 0. The molecule has 1 aliphatic rings. The molecule has 0 radical (unpaired) electrons. The molecule has 1 unspecified atom stereocenters. The van der Waals surface area contributed by atoms with Gasteiger partial charge in [-0.25, -0.2) is 4.79 Å². The Balaban J connectivity index is 1.89. The first-order valence-electron chi connectivity index (χ1n) is 9.25. The van der Waals surface area contributed by atoms with Gasteiger partial charge in [0.2, 0.25) is 6.79 Å². The molecule has 0 saturated heterocycles. The van der Waals surface area contributed by atoms with Crippen molar-refractivity contribution >= 4 is 22.8 Å². The quantitative estimate of drug-likeness (QED) is 0.616. The zero-order valence-corrected chi connectivity index (χ0v) is 16.4. The summed E-state index contributed by atoms with van der Waals surface area (Å²) < 4.78 is 22.8. The smallest absolute Gasteiger partial charge is 0.337 e. The van der Waals surface area contributed by atoms with Crippen molar-refractivity contribution in [3.8, 4) is 11.5 Å². The van der Waals surface area contributed by atoms with E-state index in [1.165, 1.54) is 14.2 Å². The van der Waals surface area contributed by atoms with E-state index in [0.717, 1.165) is 22.0 Å². The number of aromatic nitrogens is 1. The lowest BCUT2D eigenvalue weighted by molar-refractivity contribution is -0.141. The summed E-state index contributed by atoms with van der Waals surface area (Å²) in [7, 11) is 2.72. The van der Waals surface area contributed by atoms with E-state index < -0.39 is 11.9 Å². The highest BCUT2D eigenvalue weighted by molar-refractivity contribution is 5.98. The van der Waals surface area contributed by atoms with Gasteiger partial charge < -0.3 is 23.5 Å². The topological polar surface area (TPSA) is 76.0 Å². The molecule has 0 aliphatic carbocycles. The highest BCUT2D eigenvalue weighted by atomic mass is 16.7. The number of hydrogen-bond acceptors (Lipinski definition) is 6. The molecule has 0 bridgehead atoms. The number of fused-ring (bicyclic) bond motifs is 2. The van der Waals surface area contributed by atoms with Gasteiger partial charge in [0.25, 0.3) is 0 Å². The molecule has 0 amide bonds. The third-order valence-electron chi connectivity index (χ3n) is 5.15. The van der Waals surface area contributed by atoms with E-state index in [0.29, 0.717) is 23.6 Å². The van der Waals surface area contributed by atoms with E-state index in [1.807, 2.05) is 35.9 Å². The SMILES string of the molecule is CCn1cc(C(C(=O)OC)c2ccc3c(c2)OCO3)c2ccc(C(=O)OC)cc21. The summed E-state index contributed by atoms with van der Waals surface area (Å²) in [6.45, 7) is 2.84. The Kier molecular flexibility index (Phi) is 4.88. The lowest BCUT2D eigenvalue weighted by Gasteiger charge is -2.15. The molecule has 150 valence electrons. The molecule has 3 aromatic rings. The average Bonchev–Trinajstić information content (AvgIpc) is 3.37. The molecule has 0 fully saturated rings. The van der Waals surface area contributed by atoms with E-state index in [9.17, 15) is 9.59 Å². The van der Waals surface area contributed by atoms with Crippen molar-refractivity contribution in [3.63, 3.8) is 0 Å². The first kappa shape index (κ1) is 18.9. The van der Waals surface area contributed by atoms with Crippen molar-refractivity contribution in [2.75, 3.05) is 21.0 Å². The minimum Gasteiger partial charge on any atom is -0.468 e. The van der Waals surface area contributed by atoms with Gasteiger partial charge in [-0.1, -0.05) is 12.1 Å². The lowest BCUT2D eigenvalue weighted by Crippen LogP contribution is -2.15. The van der Waals surface area contributed by atoms with Gasteiger partial charge >= 0.3 is 11.9 Å². The van der Waals surface area contributed by atoms with Crippen molar-refractivity contribution in [2.45, 2.75) is 19.4 Å². The second-order valence-corrected chi connectivity index (χ2v) is 6.66. The van der Waals surface area contributed by atoms with Gasteiger partial charge in [0.05, 0.1) is 19.8 Å². The number of rotatable bonds is 5. The zero-order chi connectivity index (χ0) is 20.5. The summed E-state index contributed by atoms with van der Waals surface area (Å²) in [6, 6.07) is 10.8. The van der Waals surface area contributed by atoms with Crippen LogP contribution in [0.2, 0.25) is 0 Å². The molecule has 1 atom stereocenters. The third-order valence-corrected chi connectivity index (χ3v) is 5.15. The Morgan fingerprint density at radius 2 is 1.86 bits per heavy atom. The molecule has 2 aromatic carbocycles. The van der Waals surface area contributed by atoms with Crippen LogP contribution in [0.25, 0.3) is 10.9 Å². The number of ether oxygens (including phenoxy) is 4. The van der Waals surface area contributed by atoms with Crippen LogP contribution in [0.15, 0.2) is 42.6 Å². The van der Waals surface area contributed by atoms with E-state index in [4.69, 9.17) is 18.9 Å². The first-order valence-corrected chi connectivity index (χ1v) is 9.25. The van der Waals surface area contributed by atoms with Crippen LogP contribution >= 0.6 is 0 Å². The number of aryl methyl sites for hydroxylation is 1. The van der Waals surface area contributed by atoms with Crippen LogP contribution in [-0.2, 0) is 20.8 Å². The van der Waals surface area contributed by atoms with Gasteiger partial charge in [0, 0.05) is 23.6 Å². The lowest BCUT2D eigenvalue weighted by atomic mass is 9.90. The van der Waals surface area contributed by atoms with E-state index in [2.05, 4.69) is 0 Å². The summed E-state index contributed by atoms with van der Waals surface area (Å²) in [6.07, 6.45) is 1.93. The second-order valence-electron chi connectivity index (χ2n) is 6.66. The Hall–Kier alpha value is -3.48. The Morgan fingerprint density at radius 1 is 1.07 bits per heavy atom. The van der Waals surface area contributed by atoms with Crippen LogP contribution in [0.3, 0.4) is 0 Å². The average molecular weight is 395 g/mol. The molecule has 0 N–H and O–H groups in total. The number of esters is 2. The molecule has 7 heteroatoms. The maximum absolute atomic E-state index is 12.8. The van der Waals surface area contributed by atoms with Gasteiger partial charge in [-0.3, -0.25) is 4.79 Å². The Labute approximate surface area is 167 Å². The van der Waals surface area contributed by atoms with Gasteiger partial charge in [0.15, 0.2) is 11.5 Å². The number of methoxy groups -OCH3 is 2. The van der Waals surface area contributed by atoms with E-state index >= 15 is 0 Å². The maximum Gasteiger partial charge on any atom is 0.337 e. The van der Waals surface area contributed by atoms with Gasteiger partial charge in [-0.15, -0.1) is 0 Å². The van der Waals surface area contributed by atoms with Gasteiger partial charge in [-0.2, -0.15) is 0 Å². The number of carbonyl (C=O) groups excluding carboxylic acids is 2. The second kappa shape index (κ2) is 7.50. The molecule has 0 spiro atoms. The highest BCUT2D eigenvalue weighted by Crippen LogP contribution is 2.39. The monoisotopic (exact) mass is 395 g/mol. The molecule has 1 aromatic heterocycles. The van der Waals surface area contributed by atoms with Crippen LogP contribution in [0.1, 0.15) is 34.3 Å². The minimum absolute atomic E-state index is 0.160. The van der Waals surface area contributed by atoms with Crippen LogP contribution in [-0.4, -0.2) is 37.5 Å². The minimum atomic E-state index is -0.645. The van der Waals surface area contributed by atoms with E-state index in [-0.39, 0.29) is 12.8 Å². The molecule has 0 saturated carbocycles. The fraction of sp³-hybridized carbons (Fsp3) is 0.273. The Morgan fingerprint density at radius 3 is 2.59 bits per heavy atom. The molecule has 2 heterocycles.